The van der Waals surface area contributed by atoms with Gasteiger partial charge in [-0.2, -0.15) is 0 Å². The number of anilines is 2. The maximum Gasteiger partial charge on any atom is 0.0641 e. The van der Waals surface area contributed by atoms with Crippen molar-refractivity contribution < 1.29 is 0 Å². The molecule has 10 aromatic carbocycles. The van der Waals surface area contributed by atoms with Crippen LogP contribution in [0.1, 0.15) is 11.5 Å². The number of benzene rings is 10. The Morgan fingerprint density at radius 2 is 0.786 bits per heavy atom. The molecule has 2 atom stereocenters. The lowest BCUT2D eigenvalue weighted by Gasteiger charge is -2.28. The van der Waals surface area contributed by atoms with Gasteiger partial charge in [-0.25, -0.2) is 0 Å². The number of aromatic nitrogens is 3. The summed E-state index contributed by atoms with van der Waals surface area (Å²) in [6, 6.07) is 85.1. The lowest BCUT2D eigenvalue weighted by Crippen LogP contribution is -2.28. The molecule has 4 heteroatoms. The topological polar surface area (TPSA) is 18.0 Å². The van der Waals surface area contributed by atoms with Crippen molar-refractivity contribution in [1.29, 1.82) is 0 Å². The van der Waals surface area contributed by atoms with Gasteiger partial charge in [-0.05, 0) is 107 Å². The number of nitrogens with zero attached hydrogens (tertiary/aromatic N) is 4. The molecule has 4 nitrogen and oxygen atoms in total. The second kappa shape index (κ2) is 15.2. The monoisotopic (exact) mass is 892 g/mol. The molecule has 1 aliphatic carbocycles. The molecule has 0 saturated heterocycles. The summed E-state index contributed by atoms with van der Waals surface area (Å²) in [5.74, 6) is 0.214. The molecule has 0 fully saturated rings. The SMILES string of the molecule is C1=CC2c3c(ccc4c5ccccc5n(-c5cccc(-c6cccc(-c7cccc(-n8c9ccccc9c9ccc%10c(c%11ccccc%11n%10-c%10ccccc%10)c98)c7)c6)c5)c34)N(c3ccccc3)C2C=C1. The van der Waals surface area contributed by atoms with Gasteiger partial charge in [0.05, 0.1) is 39.1 Å². The van der Waals surface area contributed by atoms with Crippen molar-refractivity contribution in [2.24, 2.45) is 0 Å². The quantitative estimate of drug-likeness (QED) is 0.163. The summed E-state index contributed by atoms with van der Waals surface area (Å²) < 4.78 is 7.43. The third kappa shape index (κ3) is 5.65. The maximum atomic E-state index is 2.53. The summed E-state index contributed by atoms with van der Waals surface area (Å²) in [4.78, 5) is 2.53. The molecule has 0 saturated carbocycles. The predicted molar refractivity (Wildman–Crippen MR) is 294 cm³/mol. The van der Waals surface area contributed by atoms with E-state index in [1.54, 1.807) is 0 Å². The van der Waals surface area contributed by atoms with Crippen molar-refractivity contribution in [3.05, 3.63) is 260 Å². The second-order valence-electron chi connectivity index (χ2n) is 18.8. The van der Waals surface area contributed by atoms with Gasteiger partial charge in [0, 0.05) is 72.2 Å². The van der Waals surface area contributed by atoms with E-state index in [1.165, 1.54) is 105 Å². The van der Waals surface area contributed by atoms with E-state index in [9.17, 15) is 0 Å². The smallest absolute Gasteiger partial charge is 0.0641 e. The molecule has 70 heavy (non-hydrogen) atoms. The first-order chi connectivity index (χ1) is 34.8. The minimum Gasteiger partial charge on any atom is -0.333 e. The lowest BCUT2D eigenvalue weighted by atomic mass is 9.90. The molecule has 328 valence electrons. The highest BCUT2D eigenvalue weighted by molar-refractivity contribution is 6.26. The van der Waals surface area contributed by atoms with Crippen LogP contribution in [-0.4, -0.2) is 19.7 Å². The van der Waals surface area contributed by atoms with Crippen molar-refractivity contribution in [2.45, 2.75) is 12.0 Å². The minimum absolute atomic E-state index is 0.199. The van der Waals surface area contributed by atoms with E-state index in [0.717, 1.165) is 17.1 Å². The van der Waals surface area contributed by atoms with Crippen LogP contribution in [0.5, 0.6) is 0 Å². The average Bonchev–Trinajstić information content (AvgIpc) is 4.16. The van der Waals surface area contributed by atoms with Crippen LogP contribution in [0.3, 0.4) is 0 Å². The molecule has 1 aliphatic heterocycles. The van der Waals surface area contributed by atoms with Crippen LogP contribution in [0, 0.1) is 0 Å². The normalized spacial score (nSPS) is 15.3. The largest absolute Gasteiger partial charge is 0.333 e. The first kappa shape index (κ1) is 38.9. The number of para-hydroxylation sites is 5. The third-order valence-corrected chi connectivity index (χ3v) is 15.1. The van der Waals surface area contributed by atoms with Crippen LogP contribution in [0.15, 0.2) is 255 Å². The fourth-order valence-electron chi connectivity index (χ4n) is 12.2. The summed E-state index contributed by atoms with van der Waals surface area (Å²) in [5, 5.41) is 7.55. The first-order valence-corrected chi connectivity index (χ1v) is 24.3. The molecular formula is C66H44N4. The van der Waals surface area contributed by atoms with Gasteiger partial charge in [0.1, 0.15) is 0 Å². The fraction of sp³-hybridized carbons (Fsp3) is 0.0303. The van der Waals surface area contributed by atoms with E-state index >= 15 is 0 Å². The Kier molecular flexibility index (Phi) is 8.45. The molecule has 2 unspecified atom stereocenters. The molecule has 2 aliphatic rings. The summed E-state index contributed by atoms with van der Waals surface area (Å²) in [5.41, 5.74) is 19.3. The van der Waals surface area contributed by atoms with Crippen LogP contribution in [0.4, 0.5) is 11.4 Å². The van der Waals surface area contributed by atoms with Gasteiger partial charge in [-0.1, -0.05) is 170 Å². The average molecular weight is 893 g/mol. The molecule has 0 N–H and O–H groups in total. The Morgan fingerprint density at radius 1 is 0.300 bits per heavy atom. The minimum atomic E-state index is 0.199. The Balaban J connectivity index is 0.876. The second-order valence-corrected chi connectivity index (χ2v) is 18.8. The number of hydrogen-bond acceptors (Lipinski definition) is 1. The highest BCUT2D eigenvalue weighted by Gasteiger charge is 2.40. The van der Waals surface area contributed by atoms with Gasteiger partial charge < -0.3 is 18.6 Å². The van der Waals surface area contributed by atoms with E-state index in [0.29, 0.717) is 0 Å². The fourth-order valence-corrected chi connectivity index (χ4v) is 12.2. The van der Waals surface area contributed by atoms with Crippen LogP contribution >= 0.6 is 0 Å². The molecule has 0 spiro atoms. The maximum absolute atomic E-state index is 2.53. The molecule has 3 aromatic heterocycles. The Morgan fingerprint density at radius 3 is 1.44 bits per heavy atom. The van der Waals surface area contributed by atoms with Crippen molar-refractivity contribution in [3.63, 3.8) is 0 Å². The van der Waals surface area contributed by atoms with Gasteiger partial charge in [0.25, 0.3) is 0 Å². The Labute approximate surface area is 405 Å². The van der Waals surface area contributed by atoms with E-state index < -0.39 is 0 Å². The van der Waals surface area contributed by atoms with E-state index in [4.69, 9.17) is 0 Å². The van der Waals surface area contributed by atoms with Crippen LogP contribution < -0.4 is 4.90 Å². The zero-order chi connectivity index (χ0) is 45.9. The Hall–Kier alpha value is -9.12. The number of allylic oxidation sites excluding steroid dienone is 2. The molecule has 0 bridgehead atoms. The van der Waals surface area contributed by atoms with Gasteiger partial charge >= 0.3 is 0 Å². The zero-order valence-electron chi connectivity index (χ0n) is 38.2. The lowest BCUT2D eigenvalue weighted by molar-refractivity contribution is 0.746. The number of rotatable bonds is 6. The molecular weight excluding hydrogens is 849 g/mol. The highest BCUT2D eigenvalue weighted by atomic mass is 15.2. The van der Waals surface area contributed by atoms with Crippen LogP contribution in [0.25, 0.3) is 105 Å². The van der Waals surface area contributed by atoms with Crippen LogP contribution in [-0.2, 0) is 0 Å². The molecule has 13 aromatic rings. The number of hydrogen-bond donors (Lipinski definition) is 0. The summed E-state index contributed by atoms with van der Waals surface area (Å²) in [6.45, 7) is 0. The summed E-state index contributed by atoms with van der Waals surface area (Å²) >= 11 is 0. The molecule has 0 amide bonds. The zero-order valence-corrected chi connectivity index (χ0v) is 38.2. The van der Waals surface area contributed by atoms with Crippen molar-refractivity contribution >= 4 is 76.8 Å². The number of fused-ring (bicyclic) bond motifs is 14. The predicted octanol–water partition coefficient (Wildman–Crippen LogP) is 17.0. The van der Waals surface area contributed by atoms with E-state index in [2.05, 4.69) is 273 Å². The molecule has 0 radical (unpaired) electrons. The molecule has 4 heterocycles. The highest BCUT2D eigenvalue weighted by Crippen LogP contribution is 2.52. The first-order valence-electron chi connectivity index (χ1n) is 24.3. The van der Waals surface area contributed by atoms with Crippen molar-refractivity contribution in [2.75, 3.05) is 4.90 Å². The van der Waals surface area contributed by atoms with E-state index in [-0.39, 0.29) is 12.0 Å². The van der Waals surface area contributed by atoms with Crippen LogP contribution in [0.2, 0.25) is 0 Å². The van der Waals surface area contributed by atoms with Gasteiger partial charge in [0.15, 0.2) is 0 Å². The van der Waals surface area contributed by atoms with Crippen molar-refractivity contribution in [1.82, 2.24) is 13.7 Å². The third-order valence-electron chi connectivity index (χ3n) is 15.1. The summed E-state index contributed by atoms with van der Waals surface area (Å²) in [6.07, 6.45) is 9.20. The van der Waals surface area contributed by atoms with Gasteiger partial charge in [-0.15, -0.1) is 0 Å². The van der Waals surface area contributed by atoms with Crippen molar-refractivity contribution in [3.8, 4) is 39.3 Å². The molecule has 15 rings (SSSR count). The van der Waals surface area contributed by atoms with Gasteiger partial charge in [-0.3, -0.25) is 0 Å². The summed E-state index contributed by atoms with van der Waals surface area (Å²) in [7, 11) is 0. The van der Waals surface area contributed by atoms with Gasteiger partial charge in [0.2, 0.25) is 0 Å². The Bertz CT molecular complexity index is 4320. The van der Waals surface area contributed by atoms with E-state index in [1.807, 2.05) is 0 Å². The standard InChI is InChI=1S/C66H44N4/c1-3-22-47(23-4-1)67-59-34-13-9-30-55(59)63-61(67)38-36-53-51-28-7-11-32-57(51)69(65(53)63)49-26-16-20-45(41-49)43-18-15-19-44(40-43)46-21-17-27-50(42-46)70-58-33-12-8-29-52(58)54-37-39-62-64(66(54)70)56-31-10-14-35-60(56)68(62)48-24-5-2-6-25-48/h1-42,55,59H.